The average Bonchev–Trinajstić information content (AvgIpc) is 2.58. The minimum Gasteiger partial charge on any atom is -0.367 e. The summed E-state index contributed by atoms with van der Waals surface area (Å²) in [5.41, 5.74) is 8.90. The fourth-order valence-corrected chi connectivity index (χ4v) is 3.01. The van der Waals surface area contributed by atoms with Crippen LogP contribution in [-0.4, -0.2) is 37.6 Å². The molecular weight excluding hydrogens is 234 g/mol. The Labute approximate surface area is 117 Å². The Bertz CT molecular complexity index is 405. The molecule has 1 fully saturated rings. The monoisotopic (exact) mass is 261 g/mol. The Hall–Kier alpha value is -1.06. The summed E-state index contributed by atoms with van der Waals surface area (Å²) in [6.45, 7) is 7.90. The van der Waals surface area contributed by atoms with Gasteiger partial charge < -0.3 is 15.5 Å². The molecule has 3 nitrogen and oxygen atoms in total. The maximum Gasteiger partial charge on any atom is 0.0417 e. The zero-order valence-electron chi connectivity index (χ0n) is 12.5. The van der Waals surface area contributed by atoms with E-state index >= 15 is 0 Å². The van der Waals surface area contributed by atoms with Gasteiger partial charge in [-0.25, -0.2) is 0 Å². The molecule has 0 aromatic heterocycles. The summed E-state index contributed by atoms with van der Waals surface area (Å²) in [7, 11) is 2.21. The molecule has 3 heteroatoms. The molecule has 1 aromatic rings. The molecule has 0 aliphatic carbocycles. The van der Waals surface area contributed by atoms with Crippen LogP contribution in [0.25, 0.3) is 0 Å². The predicted molar refractivity (Wildman–Crippen MR) is 82.6 cm³/mol. The Morgan fingerprint density at radius 1 is 1.32 bits per heavy atom. The maximum absolute atomic E-state index is 6.28. The van der Waals surface area contributed by atoms with Crippen LogP contribution in [0.1, 0.15) is 38.3 Å². The van der Waals surface area contributed by atoms with Gasteiger partial charge in [0, 0.05) is 30.9 Å². The lowest BCUT2D eigenvalue weighted by atomic mass is 10.0. The fraction of sp³-hybridized carbons (Fsp3) is 0.625. The summed E-state index contributed by atoms with van der Waals surface area (Å²) < 4.78 is 0. The number of para-hydroxylation sites is 1. The summed E-state index contributed by atoms with van der Waals surface area (Å²) >= 11 is 0. The zero-order chi connectivity index (χ0) is 13.8. The number of likely N-dealkylation sites (N-methyl/N-ethyl adjacent to an activating group) is 1. The molecule has 2 rings (SSSR count). The van der Waals surface area contributed by atoms with E-state index in [1.165, 1.54) is 24.2 Å². The first-order valence-corrected chi connectivity index (χ1v) is 7.43. The van der Waals surface area contributed by atoms with E-state index < -0.39 is 0 Å². The van der Waals surface area contributed by atoms with Crippen LogP contribution in [0.5, 0.6) is 0 Å². The van der Waals surface area contributed by atoms with Crippen LogP contribution in [0.4, 0.5) is 5.69 Å². The van der Waals surface area contributed by atoms with Crippen molar-refractivity contribution in [1.29, 1.82) is 0 Å². The molecule has 1 aliphatic rings. The van der Waals surface area contributed by atoms with Crippen LogP contribution in [0.15, 0.2) is 24.3 Å². The van der Waals surface area contributed by atoms with E-state index in [1.54, 1.807) is 0 Å². The normalized spacial score (nSPS) is 23.2. The van der Waals surface area contributed by atoms with E-state index in [1.807, 2.05) is 0 Å². The third-order valence-corrected chi connectivity index (χ3v) is 4.13. The quantitative estimate of drug-likeness (QED) is 0.908. The van der Waals surface area contributed by atoms with Gasteiger partial charge in [-0.1, -0.05) is 25.1 Å². The number of rotatable bonds is 3. The van der Waals surface area contributed by atoms with Gasteiger partial charge in [-0.15, -0.1) is 0 Å². The molecule has 1 saturated heterocycles. The number of benzene rings is 1. The first-order valence-electron chi connectivity index (χ1n) is 7.43. The average molecular weight is 261 g/mol. The van der Waals surface area contributed by atoms with Crippen LogP contribution >= 0.6 is 0 Å². The van der Waals surface area contributed by atoms with Gasteiger partial charge in [-0.3, -0.25) is 0 Å². The zero-order valence-corrected chi connectivity index (χ0v) is 12.5. The van der Waals surface area contributed by atoms with E-state index in [-0.39, 0.29) is 6.04 Å². The van der Waals surface area contributed by atoms with Gasteiger partial charge in [-0.05, 0) is 45.0 Å². The third kappa shape index (κ3) is 3.28. The van der Waals surface area contributed by atoms with Gasteiger partial charge in [0.15, 0.2) is 0 Å². The fourth-order valence-electron chi connectivity index (χ4n) is 3.01. The van der Waals surface area contributed by atoms with Crippen molar-refractivity contribution in [3.8, 4) is 0 Å². The topological polar surface area (TPSA) is 32.5 Å². The highest BCUT2D eigenvalue weighted by molar-refractivity contribution is 5.56. The van der Waals surface area contributed by atoms with E-state index in [2.05, 4.69) is 55.0 Å². The van der Waals surface area contributed by atoms with Crippen LogP contribution in [0, 0.1) is 0 Å². The smallest absolute Gasteiger partial charge is 0.0417 e. The van der Waals surface area contributed by atoms with Crippen molar-refractivity contribution in [2.24, 2.45) is 5.73 Å². The highest BCUT2D eigenvalue weighted by Crippen LogP contribution is 2.29. The largest absolute Gasteiger partial charge is 0.367 e. The number of hydrogen-bond acceptors (Lipinski definition) is 3. The predicted octanol–water partition coefficient (Wildman–Crippen LogP) is 2.63. The molecule has 0 amide bonds. The summed E-state index contributed by atoms with van der Waals surface area (Å²) in [4.78, 5) is 4.96. The van der Waals surface area contributed by atoms with Gasteiger partial charge in [0.2, 0.25) is 0 Å². The SMILES string of the molecule is CC[C@H](N)c1ccccc1N1CCCN(C)CC1C. The lowest BCUT2D eigenvalue weighted by molar-refractivity contribution is 0.337. The number of hydrogen-bond donors (Lipinski definition) is 1. The second-order valence-corrected chi connectivity index (χ2v) is 5.73. The molecule has 2 atom stereocenters. The molecule has 19 heavy (non-hydrogen) atoms. The van der Waals surface area contributed by atoms with Crippen molar-refractivity contribution in [2.75, 3.05) is 31.6 Å². The van der Waals surface area contributed by atoms with Gasteiger partial charge >= 0.3 is 0 Å². The maximum atomic E-state index is 6.28. The van der Waals surface area contributed by atoms with Gasteiger partial charge in [0.1, 0.15) is 0 Å². The van der Waals surface area contributed by atoms with Gasteiger partial charge in [-0.2, -0.15) is 0 Å². The van der Waals surface area contributed by atoms with E-state index in [0.717, 1.165) is 19.5 Å². The van der Waals surface area contributed by atoms with Crippen LogP contribution < -0.4 is 10.6 Å². The van der Waals surface area contributed by atoms with Crippen LogP contribution in [-0.2, 0) is 0 Å². The summed E-state index contributed by atoms with van der Waals surface area (Å²) in [6.07, 6.45) is 2.20. The van der Waals surface area contributed by atoms with Crippen molar-refractivity contribution in [3.05, 3.63) is 29.8 Å². The van der Waals surface area contributed by atoms with Crippen molar-refractivity contribution in [2.45, 2.75) is 38.8 Å². The summed E-state index contributed by atoms with van der Waals surface area (Å²) in [5.74, 6) is 0. The van der Waals surface area contributed by atoms with Gasteiger partial charge in [0.05, 0.1) is 0 Å². The molecule has 0 spiro atoms. The van der Waals surface area contributed by atoms with E-state index in [9.17, 15) is 0 Å². The van der Waals surface area contributed by atoms with Crippen LogP contribution in [0.3, 0.4) is 0 Å². The molecular formula is C16H27N3. The number of nitrogens with zero attached hydrogens (tertiary/aromatic N) is 2. The minimum atomic E-state index is 0.143. The van der Waals surface area contributed by atoms with E-state index in [4.69, 9.17) is 5.73 Å². The van der Waals surface area contributed by atoms with Crippen molar-refractivity contribution in [3.63, 3.8) is 0 Å². The Morgan fingerprint density at radius 3 is 2.79 bits per heavy atom. The second kappa shape index (κ2) is 6.40. The molecule has 1 aliphatic heterocycles. The highest BCUT2D eigenvalue weighted by atomic mass is 15.2. The first kappa shape index (κ1) is 14.4. The number of nitrogens with two attached hydrogens (primary N) is 1. The molecule has 1 unspecified atom stereocenters. The second-order valence-electron chi connectivity index (χ2n) is 5.73. The molecule has 106 valence electrons. The standard InChI is InChI=1S/C16H27N3/c1-4-15(17)14-8-5-6-9-16(14)19-11-7-10-18(3)12-13(19)2/h5-6,8-9,13,15H,4,7,10-12,17H2,1-3H3/t13?,15-/m0/s1. The van der Waals surface area contributed by atoms with Crippen molar-refractivity contribution in [1.82, 2.24) is 4.90 Å². The molecule has 0 radical (unpaired) electrons. The van der Waals surface area contributed by atoms with Crippen molar-refractivity contribution < 1.29 is 0 Å². The molecule has 2 N–H and O–H groups in total. The molecule has 0 saturated carbocycles. The summed E-state index contributed by atoms with van der Waals surface area (Å²) in [5, 5.41) is 0. The first-order chi connectivity index (χ1) is 9.13. The Morgan fingerprint density at radius 2 is 2.05 bits per heavy atom. The minimum absolute atomic E-state index is 0.143. The number of anilines is 1. The molecule has 1 aromatic carbocycles. The summed E-state index contributed by atoms with van der Waals surface area (Å²) in [6, 6.07) is 9.32. The van der Waals surface area contributed by atoms with E-state index in [0.29, 0.717) is 6.04 Å². The Balaban J connectivity index is 2.29. The van der Waals surface area contributed by atoms with Gasteiger partial charge in [0.25, 0.3) is 0 Å². The third-order valence-electron chi connectivity index (χ3n) is 4.13. The molecule has 0 bridgehead atoms. The highest BCUT2D eigenvalue weighted by Gasteiger charge is 2.22. The van der Waals surface area contributed by atoms with Crippen molar-refractivity contribution >= 4 is 5.69 Å². The molecule has 1 heterocycles. The lowest BCUT2D eigenvalue weighted by Crippen LogP contribution is -2.38. The van der Waals surface area contributed by atoms with Crippen LogP contribution in [0.2, 0.25) is 0 Å². The Kier molecular flexibility index (Phi) is 4.83. The lowest BCUT2D eigenvalue weighted by Gasteiger charge is -2.33.